The van der Waals surface area contributed by atoms with Crippen molar-refractivity contribution in [2.24, 2.45) is 0 Å². The lowest BCUT2D eigenvalue weighted by atomic mass is 9.98. The van der Waals surface area contributed by atoms with E-state index >= 15 is 0 Å². The van der Waals surface area contributed by atoms with E-state index in [9.17, 15) is 14.4 Å². The zero-order valence-electron chi connectivity index (χ0n) is 21.0. The van der Waals surface area contributed by atoms with Gasteiger partial charge in [0, 0.05) is 37.3 Å². The van der Waals surface area contributed by atoms with Crippen LogP contribution in [-0.4, -0.2) is 55.6 Å². The highest BCUT2D eigenvalue weighted by molar-refractivity contribution is 6.12. The van der Waals surface area contributed by atoms with Crippen molar-refractivity contribution in [3.8, 4) is 11.5 Å². The molecule has 3 amide bonds. The van der Waals surface area contributed by atoms with Crippen molar-refractivity contribution in [3.63, 3.8) is 0 Å². The van der Waals surface area contributed by atoms with E-state index in [1.807, 2.05) is 31.2 Å². The second-order valence-electron chi connectivity index (χ2n) is 9.70. The molecule has 0 saturated carbocycles. The SMILES string of the molecule is Cc1ccc(C2CC(=O)Nc3cc(C(=O)N4CCNCC4)ccc3N2C(=O)c2ccc3c(c2)OCO3)cc1. The quantitative estimate of drug-likeness (QED) is 0.557. The molecule has 1 unspecified atom stereocenters. The molecular weight excluding hydrogens is 484 g/mol. The fourth-order valence-electron chi connectivity index (χ4n) is 5.14. The van der Waals surface area contributed by atoms with Crippen LogP contribution in [0.25, 0.3) is 0 Å². The molecule has 3 aliphatic heterocycles. The Labute approximate surface area is 220 Å². The summed E-state index contributed by atoms with van der Waals surface area (Å²) in [6, 6.07) is 17.5. The summed E-state index contributed by atoms with van der Waals surface area (Å²) in [5, 5.41) is 6.20. The summed E-state index contributed by atoms with van der Waals surface area (Å²) < 4.78 is 10.9. The van der Waals surface area contributed by atoms with Gasteiger partial charge in [-0.25, -0.2) is 0 Å². The minimum atomic E-state index is -0.551. The first-order valence-electron chi connectivity index (χ1n) is 12.7. The Morgan fingerprint density at radius 1 is 0.868 bits per heavy atom. The van der Waals surface area contributed by atoms with E-state index in [1.54, 1.807) is 46.2 Å². The van der Waals surface area contributed by atoms with Gasteiger partial charge in [0.2, 0.25) is 12.7 Å². The van der Waals surface area contributed by atoms with Crippen molar-refractivity contribution < 1.29 is 23.9 Å². The molecule has 38 heavy (non-hydrogen) atoms. The van der Waals surface area contributed by atoms with Crippen molar-refractivity contribution in [3.05, 3.63) is 82.9 Å². The van der Waals surface area contributed by atoms with Crippen LogP contribution in [0, 0.1) is 6.92 Å². The van der Waals surface area contributed by atoms with Gasteiger partial charge < -0.3 is 25.0 Å². The van der Waals surface area contributed by atoms with Gasteiger partial charge in [-0.05, 0) is 48.9 Å². The third-order valence-electron chi connectivity index (χ3n) is 7.17. The van der Waals surface area contributed by atoms with Crippen LogP contribution in [0.1, 0.15) is 44.3 Å². The van der Waals surface area contributed by atoms with Crippen molar-refractivity contribution in [1.29, 1.82) is 0 Å². The van der Waals surface area contributed by atoms with Gasteiger partial charge in [0.25, 0.3) is 11.8 Å². The van der Waals surface area contributed by atoms with Gasteiger partial charge in [0.15, 0.2) is 11.5 Å². The van der Waals surface area contributed by atoms with Crippen LogP contribution in [0.3, 0.4) is 0 Å². The molecule has 9 heteroatoms. The molecule has 0 aromatic heterocycles. The highest BCUT2D eigenvalue weighted by atomic mass is 16.7. The monoisotopic (exact) mass is 512 g/mol. The first-order chi connectivity index (χ1) is 18.5. The Kier molecular flexibility index (Phi) is 6.21. The number of amides is 3. The summed E-state index contributed by atoms with van der Waals surface area (Å²) in [5.74, 6) is 0.471. The average molecular weight is 513 g/mol. The molecule has 2 N–H and O–H groups in total. The van der Waals surface area contributed by atoms with E-state index in [4.69, 9.17) is 9.47 Å². The van der Waals surface area contributed by atoms with Gasteiger partial charge >= 0.3 is 0 Å². The van der Waals surface area contributed by atoms with E-state index < -0.39 is 6.04 Å². The summed E-state index contributed by atoms with van der Waals surface area (Å²) in [7, 11) is 0. The number of carbonyl (C=O) groups excluding carboxylic acids is 3. The molecule has 3 aromatic carbocycles. The zero-order chi connectivity index (χ0) is 26.2. The Hall–Kier alpha value is -4.37. The topological polar surface area (TPSA) is 100 Å². The maximum Gasteiger partial charge on any atom is 0.259 e. The van der Waals surface area contributed by atoms with Crippen LogP contribution < -0.4 is 25.0 Å². The van der Waals surface area contributed by atoms with Gasteiger partial charge in [-0.15, -0.1) is 0 Å². The van der Waals surface area contributed by atoms with E-state index in [1.165, 1.54) is 0 Å². The number of aryl methyl sites for hydroxylation is 1. The lowest BCUT2D eigenvalue weighted by Crippen LogP contribution is -2.46. The third-order valence-corrected chi connectivity index (χ3v) is 7.17. The average Bonchev–Trinajstić information content (AvgIpc) is 3.36. The molecule has 0 bridgehead atoms. The number of rotatable bonds is 3. The number of anilines is 2. The van der Waals surface area contributed by atoms with Crippen molar-refractivity contribution in [2.45, 2.75) is 19.4 Å². The van der Waals surface area contributed by atoms with Crippen LogP contribution in [-0.2, 0) is 4.79 Å². The van der Waals surface area contributed by atoms with Gasteiger partial charge in [0.05, 0.1) is 23.8 Å². The van der Waals surface area contributed by atoms with Crippen LogP contribution in [0.5, 0.6) is 11.5 Å². The number of carbonyl (C=O) groups is 3. The lowest BCUT2D eigenvalue weighted by Gasteiger charge is -2.31. The zero-order valence-corrected chi connectivity index (χ0v) is 21.0. The molecule has 1 saturated heterocycles. The molecule has 194 valence electrons. The van der Waals surface area contributed by atoms with Crippen molar-refractivity contribution in [2.75, 3.05) is 43.2 Å². The Morgan fingerprint density at radius 3 is 2.37 bits per heavy atom. The van der Waals surface area contributed by atoms with E-state index in [0.717, 1.165) is 24.2 Å². The van der Waals surface area contributed by atoms with E-state index in [2.05, 4.69) is 10.6 Å². The number of fused-ring (bicyclic) bond motifs is 2. The highest BCUT2D eigenvalue weighted by Crippen LogP contribution is 2.41. The molecule has 3 heterocycles. The summed E-state index contributed by atoms with van der Waals surface area (Å²) in [6.45, 7) is 4.81. The number of benzene rings is 3. The maximum atomic E-state index is 14.1. The summed E-state index contributed by atoms with van der Waals surface area (Å²) in [4.78, 5) is 43.9. The predicted molar refractivity (Wildman–Crippen MR) is 142 cm³/mol. The number of ether oxygens (including phenoxy) is 2. The molecule has 9 nitrogen and oxygen atoms in total. The molecular formula is C29H28N4O5. The van der Waals surface area contributed by atoms with Gasteiger partial charge in [-0.3, -0.25) is 19.3 Å². The minimum absolute atomic E-state index is 0.0646. The molecule has 3 aliphatic rings. The normalized spacial score (nSPS) is 18.4. The fourth-order valence-corrected chi connectivity index (χ4v) is 5.14. The fraction of sp³-hybridized carbons (Fsp3) is 0.276. The lowest BCUT2D eigenvalue weighted by molar-refractivity contribution is -0.116. The molecule has 1 atom stereocenters. The summed E-state index contributed by atoms with van der Waals surface area (Å²) in [5.41, 5.74) is 3.76. The van der Waals surface area contributed by atoms with E-state index in [0.29, 0.717) is 47.1 Å². The van der Waals surface area contributed by atoms with Crippen LogP contribution in [0.4, 0.5) is 11.4 Å². The molecule has 1 fully saturated rings. The largest absolute Gasteiger partial charge is 0.454 e. The van der Waals surface area contributed by atoms with Gasteiger partial charge in [0.1, 0.15) is 0 Å². The van der Waals surface area contributed by atoms with E-state index in [-0.39, 0.29) is 30.9 Å². The first kappa shape index (κ1) is 24.0. The molecule has 0 radical (unpaired) electrons. The second kappa shape index (κ2) is 9.83. The number of hydrogen-bond donors (Lipinski definition) is 2. The maximum absolute atomic E-state index is 14.1. The van der Waals surface area contributed by atoms with Crippen molar-refractivity contribution in [1.82, 2.24) is 10.2 Å². The first-order valence-corrected chi connectivity index (χ1v) is 12.7. The Bertz CT molecular complexity index is 1410. The van der Waals surface area contributed by atoms with Gasteiger partial charge in [-0.2, -0.15) is 0 Å². The number of hydrogen-bond acceptors (Lipinski definition) is 6. The third kappa shape index (κ3) is 4.45. The number of nitrogens with one attached hydrogen (secondary N) is 2. The Morgan fingerprint density at radius 2 is 1.58 bits per heavy atom. The van der Waals surface area contributed by atoms with Crippen molar-refractivity contribution >= 4 is 29.1 Å². The highest BCUT2D eigenvalue weighted by Gasteiger charge is 2.35. The smallest absolute Gasteiger partial charge is 0.259 e. The predicted octanol–water partition coefficient (Wildman–Crippen LogP) is 3.50. The molecule has 0 aliphatic carbocycles. The summed E-state index contributed by atoms with van der Waals surface area (Å²) in [6.07, 6.45) is 0.0646. The molecule has 6 rings (SSSR count). The second-order valence-corrected chi connectivity index (χ2v) is 9.70. The standard InChI is InChI=1S/C29H28N4O5/c1-18-2-4-19(5-3-18)24-16-27(34)31-22-14-20(28(35)32-12-10-30-11-13-32)6-8-23(22)33(24)29(36)21-7-9-25-26(15-21)38-17-37-25/h2-9,14-15,24,30H,10-13,16-17H2,1H3,(H,31,34). The molecule has 3 aromatic rings. The molecule has 0 spiro atoms. The number of piperazine rings is 1. The van der Waals surface area contributed by atoms with Crippen LogP contribution in [0.2, 0.25) is 0 Å². The Balaban J connectivity index is 1.44. The summed E-state index contributed by atoms with van der Waals surface area (Å²) >= 11 is 0. The van der Waals surface area contributed by atoms with Crippen LogP contribution in [0.15, 0.2) is 60.7 Å². The van der Waals surface area contributed by atoms with Crippen LogP contribution >= 0.6 is 0 Å². The minimum Gasteiger partial charge on any atom is -0.454 e. The number of nitrogens with zero attached hydrogens (tertiary/aromatic N) is 2. The van der Waals surface area contributed by atoms with Gasteiger partial charge in [-0.1, -0.05) is 29.8 Å².